The fourth-order valence-corrected chi connectivity index (χ4v) is 2.57. The van der Waals surface area contributed by atoms with Crippen molar-refractivity contribution in [1.29, 1.82) is 0 Å². The first-order valence-electron chi connectivity index (χ1n) is 6.96. The molecule has 2 N–H and O–H groups in total. The van der Waals surface area contributed by atoms with Crippen LogP contribution in [0.15, 0.2) is 42.5 Å². The Balaban J connectivity index is 2.16. The lowest BCUT2D eigenvalue weighted by atomic mass is 10.1. The number of anilines is 1. The predicted octanol–water partition coefficient (Wildman–Crippen LogP) is 3.49. The maximum atomic E-state index is 6.08. The third-order valence-electron chi connectivity index (χ3n) is 3.45. The van der Waals surface area contributed by atoms with Gasteiger partial charge in [-0.05, 0) is 54.4 Å². The van der Waals surface area contributed by atoms with Gasteiger partial charge in [0.1, 0.15) is 5.75 Å². The Morgan fingerprint density at radius 1 is 1.14 bits per heavy atom. The summed E-state index contributed by atoms with van der Waals surface area (Å²) in [6, 6.07) is 14.1. The molecule has 3 nitrogen and oxygen atoms in total. The summed E-state index contributed by atoms with van der Waals surface area (Å²) in [5.41, 5.74) is 9.27. The maximum absolute atomic E-state index is 6.08. The van der Waals surface area contributed by atoms with Crippen LogP contribution in [0.3, 0.4) is 0 Å². The van der Waals surface area contributed by atoms with Crippen molar-refractivity contribution in [3.63, 3.8) is 0 Å². The highest BCUT2D eigenvalue weighted by Crippen LogP contribution is 2.25. The highest BCUT2D eigenvalue weighted by atomic mass is 35.5. The molecular formula is C17H21ClN2O. The molecule has 0 aliphatic carbocycles. The minimum absolute atomic E-state index is 0.615. The van der Waals surface area contributed by atoms with E-state index in [9.17, 15) is 0 Å². The molecule has 0 atom stereocenters. The van der Waals surface area contributed by atoms with Crippen LogP contribution >= 0.6 is 11.6 Å². The van der Waals surface area contributed by atoms with Crippen molar-refractivity contribution < 1.29 is 4.74 Å². The standard InChI is InChI=1S/C17H21ClN2O/c1-20(12-13-3-6-16(21-2)7-4-13)17-8-5-15(18)11-14(17)9-10-19/h3-8,11H,9-10,12,19H2,1-2H3. The topological polar surface area (TPSA) is 38.5 Å². The average Bonchev–Trinajstić information content (AvgIpc) is 2.48. The first kappa shape index (κ1) is 15.7. The van der Waals surface area contributed by atoms with Gasteiger partial charge in [0.25, 0.3) is 0 Å². The number of hydrogen-bond acceptors (Lipinski definition) is 3. The molecule has 0 aliphatic rings. The fourth-order valence-electron chi connectivity index (χ4n) is 2.37. The number of halogens is 1. The molecule has 0 saturated carbocycles. The van der Waals surface area contributed by atoms with E-state index in [1.807, 2.05) is 24.3 Å². The van der Waals surface area contributed by atoms with E-state index in [0.717, 1.165) is 23.7 Å². The summed E-state index contributed by atoms with van der Waals surface area (Å²) in [6.45, 7) is 1.44. The first-order valence-corrected chi connectivity index (χ1v) is 7.34. The Morgan fingerprint density at radius 3 is 2.48 bits per heavy atom. The van der Waals surface area contributed by atoms with Gasteiger partial charge in [-0.1, -0.05) is 23.7 Å². The van der Waals surface area contributed by atoms with Crippen molar-refractivity contribution in [2.75, 3.05) is 25.6 Å². The number of rotatable bonds is 6. The third-order valence-corrected chi connectivity index (χ3v) is 3.68. The normalized spacial score (nSPS) is 10.5. The van der Waals surface area contributed by atoms with Crippen LogP contribution in [0, 0.1) is 0 Å². The first-order chi connectivity index (χ1) is 10.1. The molecule has 0 saturated heterocycles. The molecule has 0 heterocycles. The summed E-state index contributed by atoms with van der Waals surface area (Å²) in [4.78, 5) is 2.21. The van der Waals surface area contributed by atoms with Crippen LogP contribution in [0.4, 0.5) is 5.69 Å². The van der Waals surface area contributed by atoms with Gasteiger partial charge >= 0.3 is 0 Å². The SMILES string of the molecule is COc1ccc(CN(C)c2ccc(Cl)cc2CCN)cc1. The summed E-state index contributed by atoms with van der Waals surface area (Å²) < 4.78 is 5.18. The molecule has 2 aromatic carbocycles. The zero-order valence-corrected chi connectivity index (χ0v) is 13.2. The summed E-state index contributed by atoms with van der Waals surface area (Å²) in [5, 5.41) is 0.750. The highest BCUT2D eigenvalue weighted by Gasteiger charge is 2.08. The quantitative estimate of drug-likeness (QED) is 0.888. The van der Waals surface area contributed by atoms with E-state index in [1.165, 1.54) is 16.8 Å². The van der Waals surface area contributed by atoms with E-state index in [2.05, 4.69) is 30.1 Å². The van der Waals surface area contributed by atoms with Crippen LogP contribution in [0.25, 0.3) is 0 Å². The summed E-state index contributed by atoms with van der Waals surface area (Å²) in [5.74, 6) is 0.872. The molecule has 0 amide bonds. The Hall–Kier alpha value is -1.71. The van der Waals surface area contributed by atoms with Crippen LogP contribution in [-0.4, -0.2) is 20.7 Å². The second kappa shape index (κ2) is 7.34. The molecule has 0 aliphatic heterocycles. The number of methoxy groups -OCH3 is 1. The van der Waals surface area contributed by atoms with Crippen molar-refractivity contribution in [3.05, 3.63) is 58.6 Å². The van der Waals surface area contributed by atoms with Gasteiger partial charge in [0, 0.05) is 24.3 Å². The van der Waals surface area contributed by atoms with Gasteiger partial charge in [0.2, 0.25) is 0 Å². The summed E-state index contributed by atoms with van der Waals surface area (Å²) in [7, 11) is 3.75. The van der Waals surface area contributed by atoms with Crippen molar-refractivity contribution in [1.82, 2.24) is 0 Å². The largest absolute Gasteiger partial charge is 0.497 e. The molecule has 2 rings (SSSR count). The second-order valence-electron chi connectivity index (χ2n) is 5.02. The lowest BCUT2D eigenvalue weighted by Crippen LogP contribution is -2.19. The lowest BCUT2D eigenvalue weighted by Gasteiger charge is -2.23. The zero-order chi connectivity index (χ0) is 15.2. The second-order valence-corrected chi connectivity index (χ2v) is 5.45. The van der Waals surface area contributed by atoms with E-state index in [0.29, 0.717) is 6.54 Å². The Morgan fingerprint density at radius 2 is 1.86 bits per heavy atom. The van der Waals surface area contributed by atoms with Gasteiger partial charge in [-0.3, -0.25) is 0 Å². The Kier molecular flexibility index (Phi) is 5.48. The summed E-state index contributed by atoms with van der Waals surface area (Å²) >= 11 is 6.08. The third kappa shape index (κ3) is 4.13. The van der Waals surface area contributed by atoms with Crippen molar-refractivity contribution in [2.24, 2.45) is 5.73 Å². The van der Waals surface area contributed by atoms with E-state index in [1.54, 1.807) is 7.11 Å². The molecule has 0 aromatic heterocycles. The molecular weight excluding hydrogens is 284 g/mol. The Labute approximate surface area is 131 Å². The molecule has 0 unspecified atom stereocenters. The van der Waals surface area contributed by atoms with Crippen molar-refractivity contribution in [2.45, 2.75) is 13.0 Å². The van der Waals surface area contributed by atoms with Gasteiger partial charge in [-0.15, -0.1) is 0 Å². The van der Waals surface area contributed by atoms with E-state index < -0.39 is 0 Å². The molecule has 21 heavy (non-hydrogen) atoms. The number of nitrogens with two attached hydrogens (primary N) is 1. The van der Waals surface area contributed by atoms with Gasteiger partial charge in [0.05, 0.1) is 7.11 Å². The molecule has 4 heteroatoms. The van der Waals surface area contributed by atoms with Crippen molar-refractivity contribution >= 4 is 17.3 Å². The molecule has 0 fully saturated rings. The molecule has 0 spiro atoms. The van der Waals surface area contributed by atoms with Crippen LogP contribution in [-0.2, 0) is 13.0 Å². The molecule has 112 valence electrons. The average molecular weight is 305 g/mol. The predicted molar refractivity (Wildman–Crippen MR) is 89.3 cm³/mol. The minimum Gasteiger partial charge on any atom is -0.497 e. The van der Waals surface area contributed by atoms with Crippen molar-refractivity contribution in [3.8, 4) is 5.75 Å². The highest BCUT2D eigenvalue weighted by molar-refractivity contribution is 6.30. The van der Waals surface area contributed by atoms with Gasteiger partial charge in [-0.2, -0.15) is 0 Å². The molecule has 0 bridgehead atoms. The van der Waals surface area contributed by atoms with E-state index in [-0.39, 0.29) is 0 Å². The van der Waals surface area contributed by atoms with Crippen LogP contribution in [0.5, 0.6) is 5.75 Å². The Bertz CT molecular complexity index is 584. The molecule has 2 aromatic rings. The lowest BCUT2D eigenvalue weighted by molar-refractivity contribution is 0.414. The van der Waals surface area contributed by atoms with Gasteiger partial charge < -0.3 is 15.4 Å². The van der Waals surface area contributed by atoms with Gasteiger partial charge in [0.15, 0.2) is 0 Å². The monoisotopic (exact) mass is 304 g/mol. The number of nitrogens with zero attached hydrogens (tertiary/aromatic N) is 1. The van der Waals surface area contributed by atoms with Crippen LogP contribution < -0.4 is 15.4 Å². The smallest absolute Gasteiger partial charge is 0.118 e. The fraction of sp³-hybridized carbons (Fsp3) is 0.294. The van der Waals surface area contributed by atoms with Crippen LogP contribution in [0.2, 0.25) is 5.02 Å². The molecule has 0 radical (unpaired) electrons. The maximum Gasteiger partial charge on any atom is 0.118 e. The number of benzene rings is 2. The number of ether oxygens (including phenoxy) is 1. The minimum atomic E-state index is 0.615. The van der Waals surface area contributed by atoms with E-state index in [4.69, 9.17) is 22.1 Å². The summed E-state index contributed by atoms with van der Waals surface area (Å²) in [6.07, 6.45) is 0.822. The zero-order valence-electron chi connectivity index (χ0n) is 12.5. The van der Waals surface area contributed by atoms with E-state index >= 15 is 0 Å². The van der Waals surface area contributed by atoms with Crippen LogP contribution in [0.1, 0.15) is 11.1 Å². The van der Waals surface area contributed by atoms with Gasteiger partial charge in [-0.25, -0.2) is 0 Å². The number of hydrogen-bond donors (Lipinski definition) is 1.